The predicted octanol–water partition coefficient (Wildman–Crippen LogP) is 2.85. The lowest BCUT2D eigenvalue weighted by Gasteiger charge is -2.64. The van der Waals surface area contributed by atoms with Gasteiger partial charge in [-0.3, -0.25) is 9.69 Å². The van der Waals surface area contributed by atoms with E-state index in [4.69, 9.17) is 9.47 Å². The lowest BCUT2D eigenvalue weighted by atomic mass is 9.51. The number of para-hydroxylation sites is 1. The van der Waals surface area contributed by atoms with Gasteiger partial charge in [0.15, 0.2) is 0 Å². The lowest BCUT2D eigenvalue weighted by molar-refractivity contribution is -0.242. The van der Waals surface area contributed by atoms with Crippen molar-refractivity contribution in [2.75, 3.05) is 24.6 Å². The fraction of sp³-hybridized carbons (Fsp3) is 0.625. The molecule has 2 bridgehead atoms. The standard InChI is InChI=1S/C24H28N2O3/c1-14(2)29-24-12-16-15-7-10-28-19-11-20(27)26-18-6-4-3-5-17(18)23(24,22(26)21(16)19)8-9-25(24)13-15/h3-7,14,16,19,21-22H,8-13H2,1-2H3/t16-,19-,21-,22-,23?,24+/m0/s1. The van der Waals surface area contributed by atoms with Gasteiger partial charge >= 0.3 is 0 Å². The second-order valence-corrected chi connectivity index (χ2v) is 10.1. The Morgan fingerprint density at radius 1 is 1.28 bits per heavy atom. The molecule has 1 amide bonds. The number of carbonyl (C=O) groups excluding carboxylic acids is 1. The van der Waals surface area contributed by atoms with E-state index in [1.165, 1.54) is 11.1 Å². The average molecular weight is 392 g/mol. The second-order valence-electron chi connectivity index (χ2n) is 10.1. The van der Waals surface area contributed by atoms with Crippen LogP contribution in [0.2, 0.25) is 0 Å². The third kappa shape index (κ3) is 1.75. The molecule has 1 spiro atoms. The minimum atomic E-state index is -0.332. The maximum Gasteiger partial charge on any atom is 0.229 e. The molecule has 6 aliphatic rings. The Morgan fingerprint density at radius 3 is 3.00 bits per heavy atom. The summed E-state index contributed by atoms with van der Waals surface area (Å²) in [5, 5.41) is 0. The second kappa shape index (κ2) is 5.32. The molecule has 5 nitrogen and oxygen atoms in total. The first kappa shape index (κ1) is 17.0. The van der Waals surface area contributed by atoms with Crippen LogP contribution in [0.5, 0.6) is 0 Å². The Bertz CT molecular complexity index is 957. The summed E-state index contributed by atoms with van der Waals surface area (Å²) in [6.45, 7) is 6.97. The van der Waals surface area contributed by atoms with E-state index in [2.05, 4.69) is 54.0 Å². The molecule has 0 N–H and O–H groups in total. The van der Waals surface area contributed by atoms with Gasteiger partial charge in [-0.05, 0) is 44.2 Å². The quantitative estimate of drug-likeness (QED) is 0.726. The summed E-state index contributed by atoms with van der Waals surface area (Å²) in [4.78, 5) is 18.2. The number of ether oxygens (including phenoxy) is 2. The number of hydrogen-bond acceptors (Lipinski definition) is 4. The molecule has 1 aliphatic carbocycles. The lowest BCUT2D eigenvalue weighted by Crippen LogP contribution is -2.75. The fourth-order valence-electron chi connectivity index (χ4n) is 8.11. The highest BCUT2D eigenvalue weighted by Crippen LogP contribution is 2.70. The SMILES string of the molecule is CC(C)O[C@]12C[C@H]3C4=CCO[C@H]5CC(=O)N6c7ccccc7C1(CCN2C4)[C@@H]6[C@H]53. The maximum atomic E-state index is 13.5. The van der Waals surface area contributed by atoms with Gasteiger partial charge in [-0.25, -0.2) is 0 Å². The van der Waals surface area contributed by atoms with Crippen LogP contribution >= 0.6 is 0 Å². The van der Waals surface area contributed by atoms with Crippen LogP contribution < -0.4 is 4.90 Å². The Kier molecular flexibility index (Phi) is 3.12. The van der Waals surface area contributed by atoms with Gasteiger partial charge in [0.2, 0.25) is 5.91 Å². The van der Waals surface area contributed by atoms with Gasteiger partial charge in [0, 0.05) is 24.7 Å². The van der Waals surface area contributed by atoms with E-state index >= 15 is 0 Å². The number of fused-ring (bicyclic) bond motifs is 2. The first-order valence-corrected chi connectivity index (χ1v) is 11.2. The van der Waals surface area contributed by atoms with E-state index in [-0.39, 0.29) is 35.3 Å². The molecule has 0 aromatic heterocycles. The van der Waals surface area contributed by atoms with Crippen LogP contribution in [-0.2, 0) is 19.7 Å². The van der Waals surface area contributed by atoms with Crippen LogP contribution in [0.25, 0.3) is 0 Å². The molecule has 5 heteroatoms. The molecule has 6 atom stereocenters. The summed E-state index contributed by atoms with van der Waals surface area (Å²) in [6.07, 6.45) is 5.06. The molecular formula is C24H28N2O3. The highest BCUT2D eigenvalue weighted by atomic mass is 16.5. The van der Waals surface area contributed by atoms with Crippen LogP contribution in [0.4, 0.5) is 5.69 Å². The monoisotopic (exact) mass is 392 g/mol. The average Bonchev–Trinajstić information content (AvgIpc) is 3.12. The van der Waals surface area contributed by atoms with Crippen LogP contribution in [-0.4, -0.2) is 54.5 Å². The number of benzene rings is 1. The van der Waals surface area contributed by atoms with E-state index in [0.717, 1.165) is 31.6 Å². The topological polar surface area (TPSA) is 42.0 Å². The van der Waals surface area contributed by atoms with Crippen molar-refractivity contribution in [2.45, 2.75) is 62.5 Å². The van der Waals surface area contributed by atoms with Crippen molar-refractivity contribution in [2.24, 2.45) is 11.8 Å². The van der Waals surface area contributed by atoms with Crippen molar-refractivity contribution in [3.63, 3.8) is 0 Å². The number of carbonyl (C=O) groups is 1. The number of nitrogens with zero attached hydrogens (tertiary/aromatic N) is 2. The molecule has 29 heavy (non-hydrogen) atoms. The third-order valence-electron chi connectivity index (χ3n) is 8.75. The molecule has 1 aromatic rings. The van der Waals surface area contributed by atoms with Gasteiger partial charge in [0.1, 0.15) is 5.72 Å². The molecular weight excluding hydrogens is 364 g/mol. The van der Waals surface area contributed by atoms with Gasteiger partial charge in [0.25, 0.3) is 0 Å². The number of rotatable bonds is 2. The van der Waals surface area contributed by atoms with Gasteiger partial charge in [-0.15, -0.1) is 0 Å². The minimum Gasteiger partial charge on any atom is -0.373 e. The first-order chi connectivity index (χ1) is 14.1. The van der Waals surface area contributed by atoms with E-state index in [9.17, 15) is 4.79 Å². The van der Waals surface area contributed by atoms with Crippen molar-refractivity contribution < 1.29 is 14.3 Å². The normalized spacial score (nSPS) is 44.0. The van der Waals surface area contributed by atoms with Crippen molar-refractivity contribution >= 4 is 11.6 Å². The number of anilines is 1. The fourth-order valence-corrected chi connectivity index (χ4v) is 8.11. The summed E-state index contributed by atoms with van der Waals surface area (Å²) < 4.78 is 13.3. The van der Waals surface area contributed by atoms with E-state index < -0.39 is 0 Å². The van der Waals surface area contributed by atoms with Gasteiger partial charge in [-0.2, -0.15) is 0 Å². The molecule has 7 rings (SSSR count). The van der Waals surface area contributed by atoms with Gasteiger partial charge in [0.05, 0.1) is 36.7 Å². The molecule has 1 aromatic carbocycles. The molecule has 152 valence electrons. The van der Waals surface area contributed by atoms with E-state index in [1.807, 2.05) is 0 Å². The minimum absolute atomic E-state index is 0.0258. The van der Waals surface area contributed by atoms with E-state index in [1.54, 1.807) is 0 Å². The molecule has 0 radical (unpaired) electrons. The van der Waals surface area contributed by atoms with Crippen LogP contribution in [0.1, 0.15) is 38.7 Å². The molecule has 1 saturated carbocycles. The van der Waals surface area contributed by atoms with Crippen molar-refractivity contribution in [1.82, 2.24) is 4.90 Å². The number of amides is 1. The number of hydrogen-bond donors (Lipinski definition) is 0. The van der Waals surface area contributed by atoms with Crippen molar-refractivity contribution in [3.8, 4) is 0 Å². The molecule has 4 fully saturated rings. The zero-order valence-corrected chi connectivity index (χ0v) is 17.1. The third-order valence-corrected chi connectivity index (χ3v) is 8.75. The van der Waals surface area contributed by atoms with Crippen LogP contribution in [0, 0.1) is 11.8 Å². The van der Waals surface area contributed by atoms with Gasteiger partial charge < -0.3 is 14.4 Å². The Labute approximate surface area is 171 Å². The van der Waals surface area contributed by atoms with E-state index in [0.29, 0.717) is 24.9 Å². The summed E-state index contributed by atoms with van der Waals surface area (Å²) in [5.74, 6) is 1.03. The molecule has 3 saturated heterocycles. The smallest absolute Gasteiger partial charge is 0.229 e. The summed E-state index contributed by atoms with van der Waals surface area (Å²) in [5.41, 5.74) is 3.47. The zero-order valence-electron chi connectivity index (χ0n) is 17.1. The number of piperidine rings is 2. The first-order valence-electron chi connectivity index (χ1n) is 11.2. The molecule has 5 heterocycles. The van der Waals surface area contributed by atoms with Crippen LogP contribution in [0.15, 0.2) is 35.9 Å². The highest BCUT2D eigenvalue weighted by molar-refractivity contribution is 5.99. The predicted molar refractivity (Wildman–Crippen MR) is 109 cm³/mol. The van der Waals surface area contributed by atoms with Crippen molar-refractivity contribution in [1.29, 1.82) is 0 Å². The van der Waals surface area contributed by atoms with Gasteiger partial charge in [-0.1, -0.05) is 29.8 Å². The molecule has 1 unspecified atom stereocenters. The maximum absolute atomic E-state index is 13.5. The Hall–Kier alpha value is -1.69. The largest absolute Gasteiger partial charge is 0.373 e. The Morgan fingerprint density at radius 2 is 2.14 bits per heavy atom. The summed E-state index contributed by atoms with van der Waals surface area (Å²) >= 11 is 0. The molecule has 5 aliphatic heterocycles. The zero-order chi connectivity index (χ0) is 19.5. The Balaban J connectivity index is 1.56. The highest BCUT2D eigenvalue weighted by Gasteiger charge is 2.77. The summed E-state index contributed by atoms with van der Waals surface area (Å²) in [7, 11) is 0. The van der Waals surface area contributed by atoms with Crippen LogP contribution in [0.3, 0.4) is 0 Å². The summed E-state index contributed by atoms with van der Waals surface area (Å²) in [6, 6.07) is 8.79. The van der Waals surface area contributed by atoms with Crippen molar-refractivity contribution in [3.05, 3.63) is 41.5 Å².